The Morgan fingerprint density at radius 2 is 2.00 bits per heavy atom. The Hall–Kier alpha value is -2.38. The van der Waals surface area contributed by atoms with Crippen molar-refractivity contribution in [1.82, 2.24) is 4.98 Å². The molecule has 27 heavy (non-hydrogen) atoms. The number of thioether (sulfide) groups is 1. The first-order valence-corrected chi connectivity index (χ1v) is 10.5. The van der Waals surface area contributed by atoms with Crippen molar-refractivity contribution in [2.24, 2.45) is 0 Å². The molecule has 2 aromatic carbocycles. The number of rotatable bonds is 5. The highest BCUT2D eigenvalue weighted by molar-refractivity contribution is 8.01. The van der Waals surface area contributed by atoms with E-state index >= 15 is 0 Å². The van der Waals surface area contributed by atoms with Crippen LogP contribution >= 0.6 is 23.1 Å². The Labute approximate surface area is 165 Å². The minimum Gasteiger partial charge on any atom is -0.452 e. The first kappa shape index (κ1) is 18.0. The van der Waals surface area contributed by atoms with Crippen LogP contribution < -0.4 is 4.90 Å². The fraction of sp³-hybridized carbons (Fsp3) is 0.250. The normalized spacial score (nSPS) is 14.2. The van der Waals surface area contributed by atoms with Crippen LogP contribution in [0.2, 0.25) is 0 Å². The Morgan fingerprint density at radius 1 is 1.22 bits per heavy atom. The van der Waals surface area contributed by atoms with Gasteiger partial charge in [-0.05, 0) is 37.1 Å². The van der Waals surface area contributed by atoms with Crippen LogP contribution in [0.4, 0.5) is 5.69 Å². The molecule has 138 valence electrons. The molecule has 1 atom stereocenters. The summed E-state index contributed by atoms with van der Waals surface area (Å²) in [6.45, 7) is 2.25. The molecule has 0 spiro atoms. The van der Waals surface area contributed by atoms with E-state index < -0.39 is 12.1 Å². The molecule has 4 rings (SSSR count). The van der Waals surface area contributed by atoms with Gasteiger partial charge in [-0.2, -0.15) is 0 Å². The number of fused-ring (bicyclic) bond motifs is 2. The maximum absolute atomic E-state index is 12.7. The van der Waals surface area contributed by atoms with Crippen LogP contribution in [0.15, 0.2) is 52.9 Å². The third-order valence-corrected chi connectivity index (χ3v) is 6.55. The molecule has 0 radical (unpaired) electrons. The number of para-hydroxylation sites is 2. The van der Waals surface area contributed by atoms with Crippen LogP contribution in [0.1, 0.15) is 12.5 Å². The van der Waals surface area contributed by atoms with Gasteiger partial charge in [-0.1, -0.05) is 42.1 Å². The van der Waals surface area contributed by atoms with Crippen molar-refractivity contribution in [2.75, 3.05) is 17.2 Å². The van der Waals surface area contributed by atoms with Crippen LogP contribution in [0, 0.1) is 0 Å². The second-order valence-electron chi connectivity index (χ2n) is 6.24. The van der Waals surface area contributed by atoms with Crippen molar-refractivity contribution in [3.8, 4) is 0 Å². The van der Waals surface area contributed by atoms with Gasteiger partial charge in [0.2, 0.25) is 0 Å². The molecule has 3 aromatic rings. The zero-order chi connectivity index (χ0) is 18.8. The molecule has 0 saturated carbocycles. The SMILES string of the molecule is C[C@@H](OC(=O)CSc1nc2ccccc2s1)C(=O)N1CCc2ccccc21. The highest BCUT2D eigenvalue weighted by atomic mass is 32.2. The van der Waals surface area contributed by atoms with Crippen molar-refractivity contribution in [3.63, 3.8) is 0 Å². The number of amides is 1. The Bertz CT molecular complexity index is 969. The van der Waals surface area contributed by atoms with E-state index in [2.05, 4.69) is 4.98 Å². The van der Waals surface area contributed by atoms with Crippen molar-refractivity contribution in [2.45, 2.75) is 23.8 Å². The van der Waals surface area contributed by atoms with Gasteiger partial charge >= 0.3 is 5.97 Å². The summed E-state index contributed by atoms with van der Waals surface area (Å²) in [5.74, 6) is -0.459. The largest absolute Gasteiger partial charge is 0.452 e. The average Bonchev–Trinajstić information content (AvgIpc) is 3.29. The summed E-state index contributed by atoms with van der Waals surface area (Å²) < 4.78 is 7.27. The molecule has 0 fully saturated rings. The van der Waals surface area contributed by atoms with Gasteiger partial charge in [-0.15, -0.1) is 11.3 Å². The molecule has 1 aromatic heterocycles. The third kappa shape index (κ3) is 3.84. The van der Waals surface area contributed by atoms with Crippen LogP contribution in [-0.4, -0.2) is 35.3 Å². The highest BCUT2D eigenvalue weighted by Crippen LogP contribution is 2.30. The summed E-state index contributed by atoms with van der Waals surface area (Å²) in [5, 5.41) is 0. The molecule has 2 heterocycles. The number of aromatic nitrogens is 1. The Kier molecular flexibility index (Phi) is 5.13. The number of hydrogen-bond acceptors (Lipinski definition) is 6. The van der Waals surface area contributed by atoms with E-state index in [1.807, 2.05) is 48.5 Å². The van der Waals surface area contributed by atoms with Crippen molar-refractivity contribution in [3.05, 3.63) is 54.1 Å². The molecule has 0 saturated heterocycles. The number of benzene rings is 2. The summed E-state index contributed by atoms with van der Waals surface area (Å²) in [7, 11) is 0. The summed E-state index contributed by atoms with van der Waals surface area (Å²) in [4.78, 5) is 31.0. The number of thiazole rings is 1. The van der Waals surface area contributed by atoms with Gasteiger partial charge in [0.15, 0.2) is 10.4 Å². The number of carbonyl (C=O) groups is 2. The van der Waals surface area contributed by atoms with Gasteiger partial charge in [-0.25, -0.2) is 4.98 Å². The van der Waals surface area contributed by atoms with Gasteiger partial charge in [0.25, 0.3) is 5.91 Å². The van der Waals surface area contributed by atoms with E-state index in [0.29, 0.717) is 6.54 Å². The van der Waals surface area contributed by atoms with Gasteiger partial charge in [0, 0.05) is 12.2 Å². The predicted octanol–water partition coefficient (Wildman–Crippen LogP) is 3.91. The zero-order valence-electron chi connectivity index (χ0n) is 14.8. The summed E-state index contributed by atoms with van der Waals surface area (Å²) in [5.41, 5.74) is 2.99. The van der Waals surface area contributed by atoms with Gasteiger partial charge in [-0.3, -0.25) is 9.59 Å². The number of esters is 1. The lowest BCUT2D eigenvalue weighted by molar-refractivity contribution is -0.151. The molecule has 0 aliphatic carbocycles. The topological polar surface area (TPSA) is 59.5 Å². The smallest absolute Gasteiger partial charge is 0.317 e. The molecule has 1 amide bonds. The quantitative estimate of drug-likeness (QED) is 0.482. The van der Waals surface area contributed by atoms with E-state index in [9.17, 15) is 9.59 Å². The van der Waals surface area contributed by atoms with E-state index in [1.54, 1.807) is 23.2 Å². The van der Waals surface area contributed by atoms with Crippen LogP contribution in [0.5, 0.6) is 0 Å². The molecule has 0 bridgehead atoms. The second kappa shape index (κ2) is 7.70. The molecule has 0 N–H and O–H groups in total. The fourth-order valence-corrected chi connectivity index (χ4v) is 4.95. The standard InChI is InChI=1S/C20H18N2O3S2/c1-13(19(24)22-11-10-14-6-2-4-8-16(14)22)25-18(23)12-26-20-21-15-7-3-5-9-17(15)27-20/h2-9,13H,10-12H2,1H3/t13-/m1/s1. The zero-order valence-corrected chi connectivity index (χ0v) is 16.4. The maximum Gasteiger partial charge on any atom is 0.317 e. The number of anilines is 1. The lowest BCUT2D eigenvalue weighted by Gasteiger charge is -2.21. The predicted molar refractivity (Wildman–Crippen MR) is 108 cm³/mol. The van der Waals surface area contributed by atoms with Gasteiger partial charge in [0.1, 0.15) is 0 Å². The van der Waals surface area contributed by atoms with Crippen LogP contribution in [-0.2, 0) is 20.7 Å². The first-order chi connectivity index (χ1) is 13.1. The number of carbonyl (C=O) groups excluding carboxylic acids is 2. The molecule has 1 aliphatic heterocycles. The number of nitrogens with zero attached hydrogens (tertiary/aromatic N) is 2. The minimum absolute atomic E-state index is 0.133. The molecule has 5 nitrogen and oxygen atoms in total. The van der Waals surface area contributed by atoms with Crippen molar-refractivity contribution < 1.29 is 14.3 Å². The number of ether oxygens (including phenoxy) is 1. The Morgan fingerprint density at radius 3 is 2.85 bits per heavy atom. The van der Waals surface area contributed by atoms with Crippen molar-refractivity contribution >= 4 is 50.9 Å². The molecule has 7 heteroatoms. The lowest BCUT2D eigenvalue weighted by Crippen LogP contribution is -2.39. The minimum atomic E-state index is -0.806. The average molecular weight is 399 g/mol. The lowest BCUT2D eigenvalue weighted by atomic mass is 10.2. The molecule has 1 aliphatic rings. The third-order valence-electron chi connectivity index (χ3n) is 4.40. The molecular formula is C20H18N2O3S2. The fourth-order valence-electron chi connectivity index (χ4n) is 3.10. The highest BCUT2D eigenvalue weighted by Gasteiger charge is 2.29. The maximum atomic E-state index is 12.7. The van der Waals surface area contributed by atoms with E-state index in [1.165, 1.54) is 11.8 Å². The summed E-state index contributed by atoms with van der Waals surface area (Å²) >= 11 is 2.88. The second-order valence-corrected chi connectivity index (χ2v) is 8.49. The monoisotopic (exact) mass is 398 g/mol. The first-order valence-electron chi connectivity index (χ1n) is 8.69. The molecule has 0 unspecified atom stereocenters. The van der Waals surface area contributed by atoms with E-state index in [0.717, 1.165) is 32.2 Å². The van der Waals surface area contributed by atoms with Crippen molar-refractivity contribution in [1.29, 1.82) is 0 Å². The molecular weight excluding hydrogens is 380 g/mol. The number of hydrogen-bond donors (Lipinski definition) is 0. The summed E-state index contributed by atoms with van der Waals surface area (Å²) in [6, 6.07) is 15.7. The van der Waals surface area contributed by atoms with E-state index in [4.69, 9.17) is 4.74 Å². The Balaban J connectivity index is 1.33. The van der Waals surface area contributed by atoms with E-state index in [-0.39, 0.29) is 11.7 Å². The summed E-state index contributed by atoms with van der Waals surface area (Å²) in [6.07, 6.45) is 0.0235. The van der Waals surface area contributed by atoms with Crippen LogP contribution in [0.25, 0.3) is 10.2 Å². The van der Waals surface area contributed by atoms with Crippen LogP contribution in [0.3, 0.4) is 0 Å². The van der Waals surface area contributed by atoms with Gasteiger partial charge < -0.3 is 9.64 Å². The van der Waals surface area contributed by atoms with Gasteiger partial charge in [0.05, 0.1) is 16.0 Å².